The van der Waals surface area contributed by atoms with Crippen LogP contribution in [0, 0.1) is 10.1 Å². The summed E-state index contributed by atoms with van der Waals surface area (Å²) in [5, 5.41) is 14.0. The summed E-state index contributed by atoms with van der Waals surface area (Å²) in [6, 6.07) is 3.24. The number of nitrogens with two attached hydrogens (primary N) is 1. The number of hydrogen-bond donors (Lipinski definition) is 2. The van der Waals surface area contributed by atoms with Gasteiger partial charge in [-0.3, -0.25) is 14.9 Å². The van der Waals surface area contributed by atoms with E-state index in [-0.39, 0.29) is 24.1 Å². The number of amides is 1. The molecule has 1 aromatic rings. The van der Waals surface area contributed by atoms with Crippen LogP contribution in [0.1, 0.15) is 18.4 Å². The second-order valence-corrected chi connectivity index (χ2v) is 5.33. The highest BCUT2D eigenvalue weighted by Crippen LogP contribution is 2.37. The van der Waals surface area contributed by atoms with Crippen molar-refractivity contribution in [3.63, 3.8) is 0 Å². The summed E-state index contributed by atoms with van der Waals surface area (Å²) in [6.45, 7) is 1.36. The number of carbonyl (C=O) groups is 1. The Kier molecular flexibility index (Phi) is 3.06. The second kappa shape index (κ2) is 4.75. The molecule has 106 valence electrons. The summed E-state index contributed by atoms with van der Waals surface area (Å²) in [6.07, 6.45) is 2.06. The van der Waals surface area contributed by atoms with Gasteiger partial charge >= 0.3 is 0 Å². The van der Waals surface area contributed by atoms with Crippen LogP contribution in [0.2, 0.25) is 0 Å². The molecular formula is C13H16N4O3. The highest BCUT2D eigenvalue weighted by molar-refractivity contribution is 6.00. The zero-order valence-corrected chi connectivity index (χ0v) is 11.0. The van der Waals surface area contributed by atoms with Crippen LogP contribution in [-0.2, 0) is 11.2 Å². The summed E-state index contributed by atoms with van der Waals surface area (Å²) < 4.78 is 0. The lowest BCUT2D eigenvalue weighted by atomic mass is 10.0. The van der Waals surface area contributed by atoms with Gasteiger partial charge in [0.15, 0.2) is 0 Å². The van der Waals surface area contributed by atoms with E-state index in [1.807, 2.05) is 4.90 Å². The van der Waals surface area contributed by atoms with E-state index in [2.05, 4.69) is 5.32 Å². The molecule has 1 saturated heterocycles. The van der Waals surface area contributed by atoms with Crippen molar-refractivity contribution in [1.82, 2.24) is 0 Å². The number of fused-ring (bicyclic) bond motifs is 1. The number of piperidine rings is 1. The first kappa shape index (κ1) is 12.9. The SMILES string of the molecule is N[C@@H]1CCCN(c2cc3c(cc2[N+](=O)[O-])CC(=O)N3)C1. The molecule has 7 heteroatoms. The standard InChI is InChI=1S/C13H16N4O3/c14-9-2-1-3-16(7-9)11-6-10-8(5-13(18)15-10)4-12(11)17(19)20/h4,6,9H,1-3,5,7,14H2,(H,15,18)/t9-/m1/s1. The molecule has 1 atom stereocenters. The maximum absolute atomic E-state index is 11.4. The molecule has 0 bridgehead atoms. The molecule has 2 aliphatic heterocycles. The van der Waals surface area contributed by atoms with Crippen molar-refractivity contribution in [2.24, 2.45) is 5.73 Å². The van der Waals surface area contributed by atoms with E-state index in [9.17, 15) is 14.9 Å². The Balaban J connectivity index is 2.02. The molecular weight excluding hydrogens is 260 g/mol. The Hall–Kier alpha value is -2.15. The number of hydrogen-bond acceptors (Lipinski definition) is 5. The number of benzene rings is 1. The zero-order chi connectivity index (χ0) is 14.3. The van der Waals surface area contributed by atoms with Gasteiger partial charge in [0.1, 0.15) is 5.69 Å². The average molecular weight is 276 g/mol. The highest BCUT2D eigenvalue weighted by atomic mass is 16.6. The fourth-order valence-corrected chi connectivity index (χ4v) is 2.88. The van der Waals surface area contributed by atoms with Crippen LogP contribution in [-0.4, -0.2) is 30.0 Å². The van der Waals surface area contributed by atoms with Gasteiger partial charge in [0.05, 0.1) is 11.3 Å². The zero-order valence-electron chi connectivity index (χ0n) is 11.0. The average Bonchev–Trinajstić information content (AvgIpc) is 2.76. The fraction of sp³-hybridized carbons (Fsp3) is 0.462. The minimum Gasteiger partial charge on any atom is -0.364 e. The number of rotatable bonds is 2. The molecule has 1 amide bonds. The monoisotopic (exact) mass is 276 g/mol. The van der Waals surface area contributed by atoms with E-state index < -0.39 is 4.92 Å². The van der Waals surface area contributed by atoms with E-state index in [1.54, 1.807) is 6.07 Å². The minimum absolute atomic E-state index is 0.0335. The lowest BCUT2D eigenvalue weighted by Crippen LogP contribution is -2.43. The van der Waals surface area contributed by atoms with Crippen LogP contribution in [0.3, 0.4) is 0 Å². The Morgan fingerprint density at radius 3 is 2.95 bits per heavy atom. The first-order chi connectivity index (χ1) is 9.54. The molecule has 2 aliphatic rings. The largest absolute Gasteiger partial charge is 0.364 e. The second-order valence-electron chi connectivity index (χ2n) is 5.33. The number of nitrogens with zero attached hydrogens (tertiary/aromatic N) is 2. The van der Waals surface area contributed by atoms with Crippen LogP contribution in [0.15, 0.2) is 12.1 Å². The van der Waals surface area contributed by atoms with Crippen LogP contribution in [0.25, 0.3) is 0 Å². The number of nitrogens with one attached hydrogen (secondary N) is 1. The molecule has 7 nitrogen and oxygen atoms in total. The molecule has 0 spiro atoms. The quantitative estimate of drug-likeness (QED) is 0.620. The molecule has 0 unspecified atom stereocenters. The van der Waals surface area contributed by atoms with E-state index in [4.69, 9.17) is 5.73 Å². The summed E-state index contributed by atoms with van der Waals surface area (Å²) in [5.74, 6) is -0.123. The molecule has 3 N–H and O–H groups in total. The van der Waals surface area contributed by atoms with Crippen LogP contribution in [0.5, 0.6) is 0 Å². The van der Waals surface area contributed by atoms with Crippen molar-refractivity contribution in [1.29, 1.82) is 0 Å². The van der Waals surface area contributed by atoms with Crippen molar-refractivity contribution < 1.29 is 9.72 Å². The van der Waals surface area contributed by atoms with Gasteiger partial charge < -0.3 is 16.0 Å². The van der Waals surface area contributed by atoms with Gasteiger partial charge in [0.25, 0.3) is 5.69 Å². The van der Waals surface area contributed by atoms with Gasteiger partial charge in [-0.05, 0) is 24.5 Å². The molecule has 3 rings (SSSR count). The van der Waals surface area contributed by atoms with Crippen molar-refractivity contribution in [3.05, 3.63) is 27.8 Å². The maximum Gasteiger partial charge on any atom is 0.292 e. The molecule has 1 aromatic carbocycles. The van der Waals surface area contributed by atoms with Gasteiger partial charge in [-0.25, -0.2) is 0 Å². The normalized spacial score (nSPS) is 21.6. The molecule has 0 radical (unpaired) electrons. The third-order valence-corrected chi connectivity index (χ3v) is 3.82. The first-order valence-corrected chi connectivity index (χ1v) is 6.66. The van der Waals surface area contributed by atoms with Crippen LogP contribution in [0.4, 0.5) is 17.1 Å². The van der Waals surface area contributed by atoms with Crippen LogP contribution >= 0.6 is 0 Å². The van der Waals surface area contributed by atoms with Crippen molar-refractivity contribution in [3.8, 4) is 0 Å². The lowest BCUT2D eigenvalue weighted by molar-refractivity contribution is -0.384. The van der Waals surface area contributed by atoms with Gasteiger partial charge in [-0.15, -0.1) is 0 Å². The summed E-state index contributed by atoms with van der Waals surface area (Å²) in [5.41, 5.74) is 7.90. The van der Waals surface area contributed by atoms with Crippen molar-refractivity contribution in [2.75, 3.05) is 23.3 Å². The molecule has 1 fully saturated rings. The third-order valence-electron chi connectivity index (χ3n) is 3.82. The van der Waals surface area contributed by atoms with Crippen molar-refractivity contribution >= 4 is 23.0 Å². The summed E-state index contributed by atoms with van der Waals surface area (Å²) in [7, 11) is 0. The minimum atomic E-state index is -0.390. The number of nitro benzene ring substituents is 1. The van der Waals surface area contributed by atoms with E-state index in [0.29, 0.717) is 23.5 Å². The number of carbonyl (C=O) groups excluding carboxylic acids is 1. The van der Waals surface area contributed by atoms with Gasteiger partial charge in [-0.2, -0.15) is 0 Å². The first-order valence-electron chi connectivity index (χ1n) is 6.66. The Labute approximate surface area is 115 Å². The molecule has 0 aliphatic carbocycles. The van der Waals surface area contributed by atoms with Crippen molar-refractivity contribution in [2.45, 2.75) is 25.3 Å². The predicted octanol–water partition coefficient (Wildman–Crippen LogP) is 1.02. The summed E-state index contributed by atoms with van der Waals surface area (Å²) in [4.78, 5) is 24.2. The molecule has 20 heavy (non-hydrogen) atoms. The van der Waals surface area contributed by atoms with Crippen LogP contribution < -0.4 is 16.0 Å². The fourth-order valence-electron chi connectivity index (χ4n) is 2.88. The number of nitro groups is 1. The highest BCUT2D eigenvalue weighted by Gasteiger charge is 2.28. The third kappa shape index (κ3) is 2.20. The molecule has 0 saturated carbocycles. The Bertz CT molecular complexity index is 587. The molecule has 2 heterocycles. The Morgan fingerprint density at radius 2 is 2.25 bits per heavy atom. The van der Waals surface area contributed by atoms with E-state index in [0.717, 1.165) is 19.4 Å². The van der Waals surface area contributed by atoms with Gasteiger partial charge in [-0.1, -0.05) is 0 Å². The Morgan fingerprint density at radius 1 is 1.45 bits per heavy atom. The topological polar surface area (TPSA) is 102 Å². The maximum atomic E-state index is 11.4. The lowest BCUT2D eigenvalue weighted by Gasteiger charge is -2.32. The molecule has 0 aromatic heterocycles. The van der Waals surface area contributed by atoms with Gasteiger partial charge in [0.2, 0.25) is 5.91 Å². The smallest absolute Gasteiger partial charge is 0.292 e. The van der Waals surface area contributed by atoms with E-state index >= 15 is 0 Å². The van der Waals surface area contributed by atoms with Gasteiger partial charge in [0, 0.05) is 30.9 Å². The summed E-state index contributed by atoms with van der Waals surface area (Å²) >= 11 is 0. The van der Waals surface area contributed by atoms with E-state index in [1.165, 1.54) is 6.07 Å². The number of anilines is 2. The predicted molar refractivity (Wildman–Crippen MR) is 74.9 cm³/mol.